The first kappa shape index (κ1) is 21.2. The van der Waals surface area contributed by atoms with E-state index in [1.54, 1.807) is 36.6 Å². The number of methoxy groups -OCH3 is 2. The van der Waals surface area contributed by atoms with Crippen LogP contribution in [0.3, 0.4) is 0 Å². The van der Waals surface area contributed by atoms with Crippen molar-refractivity contribution in [2.24, 2.45) is 0 Å². The van der Waals surface area contributed by atoms with Crippen molar-refractivity contribution in [1.82, 2.24) is 25.1 Å². The number of likely N-dealkylation sites (N-methyl/N-ethyl adjacent to an activating group) is 1. The standard InChI is InChI=1S/C19H21N5O5S/c1-4-23(10-13-5-6-15(27-2)16(9-13)28-3)17(25)11-29-19(26)18-14(7-8-30-18)24-12-20-21-22-24/h5-9,12H,4,10-11H2,1-3H3. The van der Waals surface area contributed by atoms with Crippen molar-refractivity contribution in [1.29, 1.82) is 0 Å². The van der Waals surface area contributed by atoms with Gasteiger partial charge in [0.2, 0.25) is 0 Å². The molecule has 11 heteroatoms. The zero-order valence-corrected chi connectivity index (χ0v) is 17.6. The van der Waals surface area contributed by atoms with E-state index in [2.05, 4.69) is 15.5 Å². The van der Waals surface area contributed by atoms with Crippen molar-refractivity contribution in [2.45, 2.75) is 13.5 Å². The lowest BCUT2D eigenvalue weighted by atomic mass is 10.2. The van der Waals surface area contributed by atoms with Crippen LogP contribution in [0.5, 0.6) is 11.5 Å². The molecule has 158 valence electrons. The molecule has 3 rings (SSSR count). The highest BCUT2D eigenvalue weighted by Crippen LogP contribution is 2.28. The van der Waals surface area contributed by atoms with Crippen molar-refractivity contribution in [3.05, 3.63) is 46.4 Å². The number of esters is 1. The van der Waals surface area contributed by atoms with Gasteiger partial charge in [0.15, 0.2) is 18.1 Å². The largest absolute Gasteiger partial charge is 0.493 e. The van der Waals surface area contributed by atoms with Crippen LogP contribution in [0.4, 0.5) is 0 Å². The van der Waals surface area contributed by atoms with E-state index in [-0.39, 0.29) is 12.5 Å². The second-order valence-electron chi connectivity index (χ2n) is 6.06. The monoisotopic (exact) mass is 431 g/mol. The highest BCUT2D eigenvalue weighted by molar-refractivity contribution is 7.12. The lowest BCUT2D eigenvalue weighted by molar-refractivity contribution is -0.134. The highest BCUT2D eigenvalue weighted by atomic mass is 32.1. The third-order valence-electron chi connectivity index (χ3n) is 4.31. The molecule has 0 saturated heterocycles. The number of nitrogens with zero attached hydrogens (tertiary/aromatic N) is 5. The van der Waals surface area contributed by atoms with Crippen LogP contribution in [0, 0.1) is 0 Å². The van der Waals surface area contributed by atoms with Crippen LogP contribution >= 0.6 is 11.3 Å². The highest BCUT2D eigenvalue weighted by Gasteiger charge is 2.20. The molecule has 1 aromatic carbocycles. The second-order valence-corrected chi connectivity index (χ2v) is 6.98. The second kappa shape index (κ2) is 9.83. The van der Waals surface area contributed by atoms with Gasteiger partial charge in [0.05, 0.1) is 19.9 Å². The summed E-state index contributed by atoms with van der Waals surface area (Å²) in [5, 5.41) is 12.6. The van der Waals surface area contributed by atoms with Gasteiger partial charge >= 0.3 is 5.97 Å². The van der Waals surface area contributed by atoms with Gasteiger partial charge in [0.1, 0.15) is 11.2 Å². The number of thiophene rings is 1. The normalized spacial score (nSPS) is 10.5. The minimum atomic E-state index is -0.606. The quantitative estimate of drug-likeness (QED) is 0.473. The maximum Gasteiger partial charge on any atom is 0.351 e. The van der Waals surface area contributed by atoms with Gasteiger partial charge in [-0.25, -0.2) is 4.79 Å². The Hall–Kier alpha value is -3.47. The molecule has 30 heavy (non-hydrogen) atoms. The Bertz CT molecular complexity index is 1000. The number of carbonyl (C=O) groups is 2. The molecule has 0 aliphatic rings. The van der Waals surface area contributed by atoms with Crippen LogP contribution in [0.15, 0.2) is 36.0 Å². The van der Waals surface area contributed by atoms with E-state index >= 15 is 0 Å². The first-order valence-electron chi connectivity index (χ1n) is 9.04. The van der Waals surface area contributed by atoms with E-state index < -0.39 is 5.97 Å². The summed E-state index contributed by atoms with van der Waals surface area (Å²) in [7, 11) is 3.12. The number of tetrazole rings is 1. The Labute approximate surface area is 177 Å². The van der Waals surface area contributed by atoms with Gasteiger partial charge in [-0.2, -0.15) is 4.68 Å². The minimum Gasteiger partial charge on any atom is -0.493 e. The van der Waals surface area contributed by atoms with Gasteiger partial charge in [-0.1, -0.05) is 6.07 Å². The zero-order chi connectivity index (χ0) is 21.5. The van der Waals surface area contributed by atoms with E-state index in [4.69, 9.17) is 14.2 Å². The molecular formula is C19H21N5O5S. The lowest BCUT2D eigenvalue weighted by Crippen LogP contribution is -2.34. The molecule has 0 bridgehead atoms. The predicted octanol–water partition coefficient (Wildman–Crippen LogP) is 1.95. The molecule has 0 radical (unpaired) electrons. The lowest BCUT2D eigenvalue weighted by Gasteiger charge is -2.21. The van der Waals surface area contributed by atoms with Gasteiger partial charge in [-0.3, -0.25) is 4.79 Å². The minimum absolute atomic E-state index is 0.304. The Morgan fingerprint density at radius 2 is 1.97 bits per heavy atom. The van der Waals surface area contributed by atoms with Crippen LogP contribution in [0.2, 0.25) is 0 Å². The van der Waals surface area contributed by atoms with Gasteiger partial charge < -0.3 is 19.1 Å². The summed E-state index contributed by atoms with van der Waals surface area (Å²) >= 11 is 1.19. The van der Waals surface area contributed by atoms with E-state index in [0.29, 0.717) is 35.2 Å². The summed E-state index contributed by atoms with van der Waals surface area (Å²) in [6.07, 6.45) is 1.38. The van der Waals surface area contributed by atoms with Gasteiger partial charge in [-0.05, 0) is 46.5 Å². The fourth-order valence-corrected chi connectivity index (χ4v) is 3.54. The van der Waals surface area contributed by atoms with Crippen molar-refractivity contribution >= 4 is 23.2 Å². The predicted molar refractivity (Wildman–Crippen MR) is 108 cm³/mol. The first-order chi connectivity index (χ1) is 14.6. The molecule has 1 amide bonds. The zero-order valence-electron chi connectivity index (χ0n) is 16.8. The fraction of sp³-hybridized carbons (Fsp3) is 0.316. The Morgan fingerprint density at radius 3 is 2.63 bits per heavy atom. The third kappa shape index (κ3) is 4.74. The molecule has 2 heterocycles. The molecule has 0 saturated carbocycles. The average molecular weight is 431 g/mol. The van der Waals surface area contributed by atoms with Crippen molar-refractivity contribution < 1.29 is 23.8 Å². The maximum atomic E-state index is 12.6. The number of hydrogen-bond donors (Lipinski definition) is 0. The van der Waals surface area contributed by atoms with Crippen molar-refractivity contribution in [2.75, 3.05) is 27.4 Å². The molecule has 0 unspecified atom stereocenters. The molecule has 0 aliphatic carbocycles. The number of hydrogen-bond acceptors (Lipinski definition) is 9. The third-order valence-corrected chi connectivity index (χ3v) is 5.19. The summed E-state index contributed by atoms with van der Waals surface area (Å²) in [5.41, 5.74) is 1.37. The molecule has 3 aromatic rings. The SMILES string of the molecule is CCN(Cc1ccc(OC)c(OC)c1)C(=O)COC(=O)c1sccc1-n1cnnn1. The fourth-order valence-electron chi connectivity index (χ4n) is 2.77. The Morgan fingerprint density at radius 1 is 1.17 bits per heavy atom. The summed E-state index contributed by atoms with van der Waals surface area (Å²) in [6, 6.07) is 7.15. The Kier molecular flexibility index (Phi) is 6.96. The number of rotatable bonds is 9. The van der Waals surface area contributed by atoms with Crippen LogP contribution in [-0.2, 0) is 16.1 Å². The van der Waals surface area contributed by atoms with E-state index in [1.807, 2.05) is 19.1 Å². The number of amides is 1. The van der Waals surface area contributed by atoms with Gasteiger partial charge in [-0.15, -0.1) is 16.4 Å². The van der Waals surface area contributed by atoms with Crippen LogP contribution in [0.1, 0.15) is 22.2 Å². The smallest absolute Gasteiger partial charge is 0.351 e. The first-order valence-corrected chi connectivity index (χ1v) is 9.92. The van der Waals surface area contributed by atoms with Gasteiger partial charge in [0, 0.05) is 13.1 Å². The molecule has 10 nitrogen and oxygen atoms in total. The molecule has 2 aromatic heterocycles. The van der Waals surface area contributed by atoms with Crippen molar-refractivity contribution in [3.8, 4) is 17.2 Å². The van der Waals surface area contributed by atoms with Crippen LogP contribution in [0.25, 0.3) is 5.69 Å². The Balaban J connectivity index is 1.62. The number of aromatic nitrogens is 4. The molecule has 0 atom stereocenters. The summed E-state index contributed by atoms with van der Waals surface area (Å²) in [5.74, 6) is 0.281. The van der Waals surface area contributed by atoms with Crippen LogP contribution in [-0.4, -0.2) is 64.4 Å². The molecule has 0 fully saturated rings. The van der Waals surface area contributed by atoms with E-state index in [1.165, 1.54) is 22.3 Å². The maximum absolute atomic E-state index is 12.6. The van der Waals surface area contributed by atoms with E-state index in [9.17, 15) is 9.59 Å². The number of carbonyl (C=O) groups excluding carboxylic acids is 2. The number of benzene rings is 1. The molecular weight excluding hydrogens is 410 g/mol. The van der Waals surface area contributed by atoms with Crippen LogP contribution < -0.4 is 9.47 Å². The topological polar surface area (TPSA) is 109 Å². The van der Waals surface area contributed by atoms with E-state index in [0.717, 1.165) is 5.56 Å². The number of ether oxygens (including phenoxy) is 3. The summed E-state index contributed by atoms with van der Waals surface area (Å²) in [6.45, 7) is 2.30. The van der Waals surface area contributed by atoms with Crippen molar-refractivity contribution in [3.63, 3.8) is 0 Å². The molecule has 0 aliphatic heterocycles. The summed E-state index contributed by atoms with van der Waals surface area (Å²) < 4.78 is 17.1. The average Bonchev–Trinajstić information content (AvgIpc) is 3.47. The molecule has 0 N–H and O–H groups in total. The molecule has 0 spiro atoms. The van der Waals surface area contributed by atoms with Gasteiger partial charge in [0.25, 0.3) is 5.91 Å². The summed E-state index contributed by atoms with van der Waals surface area (Å²) in [4.78, 5) is 27.0.